The molecule has 5 nitrogen and oxygen atoms in total. The molecule has 0 amide bonds. The molecule has 0 radical (unpaired) electrons. The Labute approximate surface area is 161 Å². The molecule has 0 bridgehead atoms. The van der Waals surface area contributed by atoms with Gasteiger partial charge in [-0.3, -0.25) is 4.98 Å². The van der Waals surface area contributed by atoms with E-state index < -0.39 is 6.10 Å². The van der Waals surface area contributed by atoms with Crippen molar-refractivity contribution in [3.63, 3.8) is 0 Å². The predicted octanol–water partition coefficient (Wildman–Crippen LogP) is 4.09. The van der Waals surface area contributed by atoms with Gasteiger partial charge in [0.2, 0.25) is 0 Å². The van der Waals surface area contributed by atoms with Gasteiger partial charge in [-0.2, -0.15) is 0 Å². The molecule has 138 valence electrons. The van der Waals surface area contributed by atoms with Crippen LogP contribution in [0, 0.1) is 0 Å². The molecule has 0 aliphatic heterocycles. The Balaban J connectivity index is 1.31. The van der Waals surface area contributed by atoms with Gasteiger partial charge in [-0.05, 0) is 29.3 Å². The second kappa shape index (κ2) is 8.35. The molecule has 27 heavy (non-hydrogen) atoms. The molecule has 0 fully saturated rings. The number of thiophene rings is 1. The van der Waals surface area contributed by atoms with Crippen LogP contribution in [0.2, 0.25) is 0 Å². The number of hydrogen-bond acceptors (Lipinski definition) is 6. The quantitative estimate of drug-likeness (QED) is 0.482. The number of aliphatic hydroxyl groups is 1. The monoisotopic (exact) mass is 380 g/mol. The number of hydrogen-bond donors (Lipinski definition) is 2. The van der Waals surface area contributed by atoms with Gasteiger partial charge in [0.05, 0.1) is 11.0 Å². The SMILES string of the molecule is O[C@H](CNCc1cccnc1)COc1cccc(-c2csc3cocc23)c1. The summed E-state index contributed by atoms with van der Waals surface area (Å²) in [4.78, 5) is 4.07. The third-order valence-corrected chi connectivity index (χ3v) is 5.16. The van der Waals surface area contributed by atoms with Crippen LogP contribution in [0.25, 0.3) is 21.2 Å². The van der Waals surface area contributed by atoms with Crippen molar-refractivity contribution in [2.75, 3.05) is 13.2 Å². The van der Waals surface area contributed by atoms with Gasteiger partial charge in [0.1, 0.15) is 24.7 Å². The molecule has 3 aromatic heterocycles. The van der Waals surface area contributed by atoms with Gasteiger partial charge >= 0.3 is 0 Å². The number of rotatable bonds is 8. The van der Waals surface area contributed by atoms with Gasteiger partial charge in [-0.1, -0.05) is 18.2 Å². The number of fused-ring (bicyclic) bond motifs is 1. The highest BCUT2D eigenvalue weighted by atomic mass is 32.1. The average Bonchev–Trinajstić information content (AvgIpc) is 3.31. The van der Waals surface area contributed by atoms with Crippen LogP contribution in [0.5, 0.6) is 5.75 Å². The predicted molar refractivity (Wildman–Crippen MR) is 107 cm³/mol. The minimum Gasteiger partial charge on any atom is -0.491 e. The third kappa shape index (κ3) is 4.36. The molecule has 0 saturated carbocycles. The molecule has 0 unspecified atom stereocenters. The zero-order valence-corrected chi connectivity index (χ0v) is 15.5. The van der Waals surface area contributed by atoms with Crippen LogP contribution in [0.4, 0.5) is 0 Å². The molecule has 4 aromatic rings. The first kappa shape index (κ1) is 17.7. The fourth-order valence-corrected chi connectivity index (χ4v) is 3.78. The van der Waals surface area contributed by atoms with Crippen LogP contribution in [0.15, 0.2) is 71.1 Å². The highest BCUT2D eigenvalue weighted by Gasteiger charge is 2.10. The van der Waals surface area contributed by atoms with E-state index in [2.05, 4.69) is 15.7 Å². The number of ether oxygens (including phenoxy) is 1. The largest absolute Gasteiger partial charge is 0.491 e. The maximum absolute atomic E-state index is 10.1. The second-order valence-electron chi connectivity index (χ2n) is 6.28. The minimum atomic E-state index is -0.591. The van der Waals surface area contributed by atoms with E-state index in [1.807, 2.05) is 42.6 Å². The van der Waals surface area contributed by atoms with Gasteiger partial charge in [0.25, 0.3) is 0 Å². The van der Waals surface area contributed by atoms with Crippen molar-refractivity contribution in [2.45, 2.75) is 12.6 Å². The number of furan rings is 1. The lowest BCUT2D eigenvalue weighted by atomic mass is 10.1. The molecule has 1 atom stereocenters. The van der Waals surface area contributed by atoms with Gasteiger partial charge < -0.3 is 19.6 Å². The van der Waals surface area contributed by atoms with Gasteiger partial charge in [-0.25, -0.2) is 0 Å². The number of aliphatic hydroxyl groups excluding tert-OH is 1. The molecular formula is C21H20N2O3S. The number of benzene rings is 1. The Morgan fingerprint density at radius 1 is 1.22 bits per heavy atom. The van der Waals surface area contributed by atoms with Crippen molar-refractivity contribution in [1.82, 2.24) is 10.3 Å². The molecule has 0 aliphatic rings. The van der Waals surface area contributed by atoms with Crippen LogP contribution in [-0.4, -0.2) is 29.3 Å². The summed E-state index contributed by atoms with van der Waals surface area (Å²) in [5.41, 5.74) is 3.29. The standard InChI is InChI=1S/C21H20N2O3S/c24-17(10-23-9-15-3-2-6-22-8-15)11-26-18-5-1-4-16(7-18)20-14-27-21-13-25-12-19(20)21/h1-8,12-14,17,23-24H,9-11H2/t17-/m1/s1. The molecular weight excluding hydrogens is 360 g/mol. The van der Waals surface area contributed by atoms with Crippen LogP contribution in [0.1, 0.15) is 5.56 Å². The topological polar surface area (TPSA) is 67.5 Å². The van der Waals surface area contributed by atoms with Crippen molar-refractivity contribution in [2.24, 2.45) is 0 Å². The molecule has 6 heteroatoms. The summed E-state index contributed by atoms with van der Waals surface area (Å²) >= 11 is 1.66. The van der Waals surface area contributed by atoms with E-state index in [4.69, 9.17) is 9.15 Å². The van der Waals surface area contributed by atoms with Gasteiger partial charge in [-0.15, -0.1) is 11.3 Å². The van der Waals surface area contributed by atoms with E-state index in [0.29, 0.717) is 13.1 Å². The molecule has 2 N–H and O–H groups in total. The first-order valence-corrected chi connectivity index (χ1v) is 9.62. The van der Waals surface area contributed by atoms with E-state index in [0.717, 1.165) is 32.5 Å². The lowest BCUT2D eigenvalue weighted by Crippen LogP contribution is -2.31. The fraction of sp³-hybridized carbons (Fsp3) is 0.190. The van der Waals surface area contributed by atoms with Crippen molar-refractivity contribution < 1.29 is 14.3 Å². The Bertz CT molecular complexity index is 997. The summed E-state index contributed by atoms with van der Waals surface area (Å²) in [7, 11) is 0. The molecule has 0 spiro atoms. The number of pyridine rings is 1. The summed E-state index contributed by atoms with van der Waals surface area (Å²) in [5, 5.41) is 16.6. The maximum atomic E-state index is 10.1. The Morgan fingerprint density at radius 3 is 3.07 bits per heavy atom. The summed E-state index contributed by atoms with van der Waals surface area (Å²) in [5.74, 6) is 0.738. The molecule has 0 aliphatic carbocycles. The van der Waals surface area contributed by atoms with Crippen LogP contribution >= 0.6 is 11.3 Å². The molecule has 4 rings (SSSR count). The van der Waals surface area contributed by atoms with Crippen LogP contribution < -0.4 is 10.1 Å². The lowest BCUT2D eigenvalue weighted by molar-refractivity contribution is 0.106. The smallest absolute Gasteiger partial charge is 0.120 e. The van der Waals surface area contributed by atoms with Crippen molar-refractivity contribution >= 4 is 21.4 Å². The van der Waals surface area contributed by atoms with Crippen LogP contribution in [0.3, 0.4) is 0 Å². The first-order valence-electron chi connectivity index (χ1n) is 8.74. The highest BCUT2D eigenvalue weighted by molar-refractivity contribution is 7.17. The Kier molecular flexibility index (Phi) is 5.48. The number of aromatic nitrogens is 1. The normalized spacial score (nSPS) is 12.3. The zero-order chi connectivity index (χ0) is 18.5. The maximum Gasteiger partial charge on any atom is 0.120 e. The first-order chi connectivity index (χ1) is 13.3. The fourth-order valence-electron chi connectivity index (χ4n) is 2.87. The average molecular weight is 380 g/mol. The van der Waals surface area contributed by atoms with E-state index in [1.54, 1.807) is 30.1 Å². The summed E-state index contributed by atoms with van der Waals surface area (Å²) in [6.07, 6.45) is 6.49. The van der Waals surface area contributed by atoms with E-state index in [9.17, 15) is 5.11 Å². The molecule has 1 aromatic carbocycles. The van der Waals surface area contributed by atoms with Crippen molar-refractivity contribution in [3.8, 4) is 16.9 Å². The van der Waals surface area contributed by atoms with Crippen molar-refractivity contribution in [3.05, 3.63) is 72.3 Å². The Morgan fingerprint density at radius 2 is 2.19 bits per heavy atom. The van der Waals surface area contributed by atoms with Crippen molar-refractivity contribution in [1.29, 1.82) is 0 Å². The molecule has 0 saturated heterocycles. The minimum absolute atomic E-state index is 0.230. The zero-order valence-electron chi connectivity index (χ0n) is 14.7. The molecule has 3 heterocycles. The number of nitrogens with zero attached hydrogens (tertiary/aromatic N) is 1. The summed E-state index contributed by atoms with van der Waals surface area (Å²) in [6.45, 7) is 1.35. The van der Waals surface area contributed by atoms with E-state index in [1.165, 1.54) is 0 Å². The summed E-state index contributed by atoms with van der Waals surface area (Å²) < 4.78 is 12.2. The second-order valence-corrected chi connectivity index (χ2v) is 7.20. The third-order valence-electron chi connectivity index (χ3n) is 4.24. The van der Waals surface area contributed by atoms with Gasteiger partial charge in [0.15, 0.2) is 0 Å². The number of nitrogens with one attached hydrogen (secondary N) is 1. The summed E-state index contributed by atoms with van der Waals surface area (Å²) in [6, 6.07) is 11.8. The lowest BCUT2D eigenvalue weighted by Gasteiger charge is -2.14. The van der Waals surface area contributed by atoms with Crippen LogP contribution in [-0.2, 0) is 6.54 Å². The van der Waals surface area contributed by atoms with Gasteiger partial charge in [0, 0.05) is 41.8 Å². The van der Waals surface area contributed by atoms with E-state index in [-0.39, 0.29) is 6.61 Å². The Hall–Kier alpha value is -2.67. The highest BCUT2D eigenvalue weighted by Crippen LogP contribution is 2.35. The van der Waals surface area contributed by atoms with E-state index >= 15 is 0 Å².